The maximum absolute atomic E-state index is 12.2. The minimum absolute atomic E-state index is 0.0319. The largest absolute Gasteiger partial charge is 0.449 e. The van der Waals surface area contributed by atoms with Crippen LogP contribution in [0.5, 0.6) is 0 Å². The molecule has 0 bridgehead atoms. The Hall–Kier alpha value is -2.91. The van der Waals surface area contributed by atoms with Crippen LogP contribution in [0, 0.1) is 0 Å². The minimum Gasteiger partial charge on any atom is -0.449 e. The third-order valence-corrected chi connectivity index (χ3v) is 5.17. The highest BCUT2D eigenvalue weighted by Gasteiger charge is 2.18. The first kappa shape index (κ1) is 22.4. The van der Waals surface area contributed by atoms with E-state index in [9.17, 15) is 18.0 Å². The van der Waals surface area contributed by atoms with Gasteiger partial charge in [0.05, 0.1) is 10.5 Å². The molecule has 2 rings (SSSR count). The standard InChI is InChI=1S/C20H25N3O5S/c1-14(28-20(25)16-6-8-17(9-7-16)23(2)3)19(24)22-13-12-15-4-10-18(11-5-15)29(21,26)27/h4-11,14H,12-13H2,1-3H3,(H,22,24)(H2,21,26,27). The van der Waals surface area contributed by atoms with Crippen molar-refractivity contribution in [1.29, 1.82) is 0 Å². The van der Waals surface area contributed by atoms with Crippen molar-refractivity contribution in [2.24, 2.45) is 5.14 Å². The predicted octanol–water partition coefficient (Wildman–Crippen LogP) is 1.30. The van der Waals surface area contributed by atoms with Crippen molar-refractivity contribution >= 4 is 27.6 Å². The summed E-state index contributed by atoms with van der Waals surface area (Å²) in [6.45, 7) is 1.81. The highest BCUT2D eigenvalue weighted by atomic mass is 32.2. The number of primary sulfonamides is 1. The Kier molecular flexibility index (Phi) is 7.35. The number of nitrogens with one attached hydrogen (secondary N) is 1. The number of carbonyl (C=O) groups is 2. The quantitative estimate of drug-likeness (QED) is 0.623. The predicted molar refractivity (Wildman–Crippen MR) is 110 cm³/mol. The highest BCUT2D eigenvalue weighted by molar-refractivity contribution is 7.89. The van der Waals surface area contributed by atoms with Crippen LogP contribution in [0.4, 0.5) is 5.69 Å². The molecule has 0 saturated heterocycles. The van der Waals surface area contributed by atoms with E-state index in [0.717, 1.165) is 11.3 Å². The molecule has 0 aliphatic carbocycles. The second kappa shape index (κ2) is 9.53. The number of hydrogen-bond donors (Lipinski definition) is 2. The van der Waals surface area contributed by atoms with Gasteiger partial charge < -0.3 is 15.0 Å². The van der Waals surface area contributed by atoms with Gasteiger partial charge in [-0.25, -0.2) is 18.4 Å². The summed E-state index contributed by atoms with van der Waals surface area (Å²) < 4.78 is 27.7. The summed E-state index contributed by atoms with van der Waals surface area (Å²) in [5.41, 5.74) is 2.15. The average Bonchev–Trinajstić information content (AvgIpc) is 2.67. The van der Waals surface area contributed by atoms with Crippen molar-refractivity contribution in [2.75, 3.05) is 25.5 Å². The number of rotatable bonds is 8. The summed E-state index contributed by atoms with van der Waals surface area (Å²) in [5.74, 6) is -0.985. The number of benzene rings is 2. The van der Waals surface area contributed by atoms with Gasteiger partial charge in [-0.3, -0.25) is 4.79 Å². The molecule has 1 amide bonds. The summed E-state index contributed by atoms with van der Waals surface area (Å²) in [4.78, 5) is 26.3. The molecule has 0 aliphatic rings. The molecule has 0 radical (unpaired) electrons. The maximum Gasteiger partial charge on any atom is 0.338 e. The molecule has 0 aromatic heterocycles. The number of hydrogen-bond acceptors (Lipinski definition) is 6. The number of carbonyl (C=O) groups excluding carboxylic acids is 2. The van der Waals surface area contributed by atoms with Gasteiger partial charge >= 0.3 is 5.97 Å². The van der Waals surface area contributed by atoms with Crippen LogP contribution in [-0.4, -0.2) is 47.0 Å². The number of esters is 1. The molecule has 1 atom stereocenters. The zero-order chi connectivity index (χ0) is 21.6. The van der Waals surface area contributed by atoms with Gasteiger partial charge in [-0.15, -0.1) is 0 Å². The topological polar surface area (TPSA) is 119 Å². The summed E-state index contributed by atoms with van der Waals surface area (Å²) in [6.07, 6.45) is -0.454. The van der Waals surface area contributed by atoms with Gasteiger partial charge in [0.25, 0.3) is 5.91 Å². The first-order chi connectivity index (χ1) is 13.6. The van der Waals surface area contributed by atoms with Crippen molar-refractivity contribution < 1.29 is 22.7 Å². The molecule has 0 heterocycles. The Morgan fingerprint density at radius 1 is 1.07 bits per heavy atom. The smallest absolute Gasteiger partial charge is 0.338 e. The Labute approximate surface area is 170 Å². The molecular weight excluding hydrogens is 394 g/mol. The van der Waals surface area contributed by atoms with Crippen LogP contribution < -0.4 is 15.4 Å². The van der Waals surface area contributed by atoms with Gasteiger partial charge in [-0.2, -0.15) is 0 Å². The summed E-state index contributed by atoms with van der Waals surface area (Å²) in [6, 6.07) is 13.0. The lowest BCUT2D eigenvalue weighted by Gasteiger charge is -2.15. The van der Waals surface area contributed by atoms with E-state index >= 15 is 0 Å². The average molecular weight is 420 g/mol. The lowest BCUT2D eigenvalue weighted by molar-refractivity contribution is -0.129. The van der Waals surface area contributed by atoms with Crippen LogP contribution >= 0.6 is 0 Å². The van der Waals surface area contributed by atoms with Gasteiger partial charge in [0, 0.05) is 26.3 Å². The minimum atomic E-state index is -3.73. The SMILES string of the molecule is CC(OC(=O)c1ccc(N(C)C)cc1)C(=O)NCCc1ccc(S(N)(=O)=O)cc1. The number of nitrogens with zero attached hydrogens (tertiary/aromatic N) is 1. The number of ether oxygens (including phenoxy) is 1. The molecular formula is C20H25N3O5S. The number of amides is 1. The van der Waals surface area contributed by atoms with Crippen molar-refractivity contribution in [3.63, 3.8) is 0 Å². The second-order valence-corrected chi connectivity index (χ2v) is 8.28. The van der Waals surface area contributed by atoms with Gasteiger partial charge in [-0.05, 0) is 55.3 Å². The summed E-state index contributed by atoms with van der Waals surface area (Å²) >= 11 is 0. The Morgan fingerprint density at radius 3 is 2.17 bits per heavy atom. The third-order valence-electron chi connectivity index (χ3n) is 4.24. The lowest BCUT2D eigenvalue weighted by atomic mass is 10.1. The molecule has 0 spiro atoms. The van der Waals surface area contributed by atoms with Crippen molar-refractivity contribution in [3.05, 3.63) is 59.7 Å². The van der Waals surface area contributed by atoms with Gasteiger partial charge in [0.1, 0.15) is 0 Å². The third kappa shape index (κ3) is 6.58. The molecule has 9 heteroatoms. The molecule has 0 saturated carbocycles. The van der Waals surface area contributed by atoms with E-state index in [-0.39, 0.29) is 4.90 Å². The second-order valence-electron chi connectivity index (χ2n) is 6.72. The fourth-order valence-corrected chi connectivity index (χ4v) is 3.01. The number of sulfonamides is 1. The van der Waals surface area contributed by atoms with E-state index in [4.69, 9.17) is 9.88 Å². The van der Waals surface area contributed by atoms with Crippen LogP contribution in [0.1, 0.15) is 22.8 Å². The fraction of sp³-hybridized carbons (Fsp3) is 0.300. The van der Waals surface area contributed by atoms with Crippen LogP contribution in [-0.2, 0) is 26.0 Å². The first-order valence-corrected chi connectivity index (χ1v) is 10.5. The first-order valence-electron chi connectivity index (χ1n) is 8.96. The van der Waals surface area contributed by atoms with E-state index in [0.29, 0.717) is 18.5 Å². The van der Waals surface area contributed by atoms with Crippen LogP contribution in [0.2, 0.25) is 0 Å². The van der Waals surface area contributed by atoms with Crippen molar-refractivity contribution in [2.45, 2.75) is 24.3 Å². The van der Waals surface area contributed by atoms with Crippen LogP contribution in [0.3, 0.4) is 0 Å². The van der Waals surface area contributed by atoms with E-state index < -0.39 is 28.0 Å². The molecule has 0 aliphatic heterocycles. The van der Waals surface area contributed by atoms with E-state index in [2.05, 4.69) is 5.32 Å². The molecule has 156 valence electrons. The van der Waals surface area contributed by atoms with Gasteiger partial charge in [-0.1, -0.05) is 12.1 Å². The molecule has 8 nitrogen and oxygen atoms in total. The van der Waals surface area contributed by atoms with E-state index in [1.54, 1.807) is 36.4 Å². The maximum atomic E-state index is 12.2. The number of nitrogens with two attached hydrogens (primary N) is 1. The molecule has 0 fully saturated rings. The zero-order valence-corrected chi connectivity index (χ0v) is 17.4. The Balaban J connectivity index is 1.82. The van der Waals surface area contributed by atoms with Gasteiger partial charge in [0.15, 0.2) is 6.10 Å². The van der Waals surface area contributed by atoms with Crippen molar-refractivity contribution in [1.82, 2.24) is 5.32 Å². The monoisotopic (exact) mass is 419 g/mol. The molecule has 3 N–H and O–H groups in total. The zero-order valence-electron chi connectivity index (χ0n) is 16.6. The van der Waals surface area contributed by atoms with Gasteiger partial charge in [0.2, 0.25) is 10.0 Å². The fourth-order valence-electron chi connectivity index (χ4n) is 2.50. The molecule has 1 unspecified atom stereocenters. The van der Waals surface area contributed by atoms with Crippen LogP contribution in [0.25, 0.3) is 0 Å². The normalized spacial score (nSPS) is 12.1. The lowest BCUT2D eigenvalue weighted by Crippen LogP contribution is -2.36. The van der Waals surface area contributed by atoms with E-state index in [1.165, 1.54) is 19.1 Å². The van der Waals surface area contributed by atoms with Crippen LogP contribution in [0.15, 0.2) is 53.4 Å². The molecule has 2 aromatic carbocycles. The molecule has 2 aromatic rings. The Bertz CT molecular complexity index is 955. The number of anilines is 1. The van der Waals surface area contributed by atoms with E-state index in [1.807, 2.05) is 19.0 Å². The highest BCUT2D eigenvalue weighted by Crippen LogP contribution is 2.13. The molecule has 29 heavy (non-hydrogen) atoms. The summed E-state index contributed by atoms with van der Waals surface area (Å²) in [7, 11) is 0.0675. The van der Waals surface area contributed by atoms with Crippen molar-refractivity contribution in [3.8, 4) is 0 Å². The Morgan fingerprint density at radius 2 is 1.66 bits per heavy atom. The summed E-state index contributed by atoms with van der Waals surface area (Å²) in [5, 5.41) is 7.74.